The van der Waals surface area contributed by atoms with Gasteiger partial charge in [-0.15, -0.1) is 0 Å². The smallest absolute Gasteiger partial charge is 0.303 e. The summed E-state index contributed by atoms with van der Waals surface area (Å²) >= 11 is 0. The maximum atomic E-state index is 13.9. The summed E-state index contributed by atoms with van der Waals surface area (Å²) in [6.45, 7) is 2.67. The lowest BCUT2D eigenvalue weighted by Gasteiger charge is -2.22. The van der Waals surface area contributed by atoms with E-state index in [2.05, 4.69) is 16.0 Å². The molecule has 0 atom stereocenters. The second-order valence-electron chi connectivity index (χ2n) is 8.93. The highest BCUT2D eigenvalue weighted by molar-refractivity contribution is 6.37. The van der Waals surface area contributed by atoms with E-state index in [4.69, 9.17) is 5.11 Å². The summed E-state index contributed by atoms with van der Waals surface area (Å²) in [6.07, 6.45) is 0.315. The molecule has 1 heterocycles. The third kappa shape index (κ3) is 6.07. The van der Waals surface area contributed by atoms with Gasteiger partial charge < -0.3 is 26.0 Å². The summed E-state index contributed by atoms with van der Waals surface area (Å²) in [5, 5.41) is 18.2. The molecule has 4 N–H and O–H groups in total. The molecule has 196 valence electrons. The molecule has 9 heteroatoms. The van der Waals surface area contributed by atoms with Gasteiger partial charge in [-0.2, -0.15) is 0 Å². The van der Waals surface area contributed by atoms with Gasteiger partial charge in [0.1, 0.15) is 5.82 Å². The zero-order valence-electron chi connectivity index (χ0n) is 21.2. The number of carboxylic acid groups (broad SMARTS) is 1. The van der Waals surface area contributed by atoms with Gasteiger partial charge in [0, 0.05) is 43.4 Å². The number of likely N-dealkylation sites (N-methyl/N-ethyl adjacent to an activating group) is 1. The first-order valence-electron chi connectivity index (χ1n) is 12.2. The van der Waals surface area contributed by atoms with Crippen LogP contribution in [0.25, 0.3) is 11.3 Å². The summed E-state index contributed by atoms with van der Waals surface area (Å²) in [5.74, 6) is -1.81. The minimum absolute atomic E-state index is 0.0208. The highest BCUT2D eigenvalue weighted by Gasteiger charge is 2.29. The van der Waals surface area contributed by atoms with Crippen LogP contribution < -0.4 is 20.9 Å². The van der Waals surface area contributed by atoms with Crippen molar-refractivity contribution in [1.29, 1.82) is 0 Å². The monoisotopic (exact) mass is 516 g/mol. The Morgan fingerprint density at radius 1 is 1.05 bits per heavy atom. The quantitative estimate of drug-likeness (QED) is 0.298. The van der Waals surface area contributed by atoms with Crippen LogP contribution in [0.2, 0.25) is 0 Å². The van der Waals surface area contributed by atoms with Gasteiger partial charge in [0.2, 0.25) is 5.91 Å². The fourth-order valence-electron chi connectivity index (χ4n) is 4.37. The number of amides is 2. The number of carboxylic acids is 1. The van der Waals surface area contributed by atoms with E-state index in [1.54, 1.807) is 11.0 Å². The topological polar surface area (TPSA) is 111 Å². The zero-order valence-corrected chi connectivity index (χ0v) is 21.2. The predicted octanol–water partition coefficient (Wildman–Crippen LogP) is 4.35. The van der Waals surface area contributed by atoms with Gasteiger partial charge in [0.15, 0.2) is 0 Å². The van der Waals surface area contributed by atoms with E-state index < -0.39 is 11.8 Å². The van der Waals surface area contributed by atoms with Crippen LogP contribution in [-0.4, -0.2) is 43.0 Å². The molecule has 1 aliphatic heterocycles. The molecule has 0 fully saturated rings. The van der Waals surface area contributed by atoms with Crippen LogP contribution in [0.1, 0.15) is 30.0 Å². The van der Waals surface area contributed by atoms with Crippen molar-refractivity contribution in [3.63, 3.8) is 0 Å². The van der Waals surface area contributed by atoms with Gasteiger partial charge in [-0.3, -0.25) is 14.4 Å². The number of carbonyl (C=O) groups is 3. The molecule has 0 saturated heterocycles. The van der Waals surface area contributed by atoms with Crippen molar-refractivity contribution < 1.29 is 23.9 Å². The Balaban J connectivity index is 1.75. The lowest BCUT2D eigenvalue weighted by Crippen LogP contribution is -2.34. The average molecular weight is 517 g/mol. The number of fused-ring (bicyclic) bond motifs is 1. The van der Waals surface area contributed by atoms with Crippen molar-refractivity contribution in [3.05, 3.63) is 89.2 Å². The van der Waals surface area contributed by atoms with Crippen molar-refractivity contribution in [3.8, 4) is 0 Å². The SMILES string of the molecule is CNCCN(C(C)=O)c1ccc(N/C(=C2\C(=O)Nc3cc(F)ccc32)c2cccc(CCC(=O)O)c2)cc1. The molecule has 0 radical (unpaired) electrons. The standard InChI is InChI=1S/C29H29FN4O4/c1-18(35)34(15-14-31-2)23-10-8-22(9-11-23)32-28(20-5-3-4-19(16-20)6-13-26(36)37)27-24-12-7-21(30)17-25(24)33-29(27)38/h3-5,7-12,16-17,31-32H,6,13-15H2,1-2H3,(H,33,38)(H,36,37)/b28-27-. The minimum Gasteiger partial charge on any atom is -0.481 e. The van der Waals surface area contributed by atoms with Crippen LogP contribution in [0.15, 0.2) is 66.7 Å². The molecule has 2 amide bonds. The van der Waals surface area contributed by atoms with Crippen LogP contribution in [0, 0.1) is 5.82 Å². The van der Waals surface area contributed by atoms with Gasteiger partial charge in [-0.05, 0) is 73.1 Å². The van der Waals surface area contributed by atoms with Gasteiger partial charge in [-0.1, -0.05) is 18.2 Å². The number of aryl methyl sites for hydroxylation is 1. The largest absolute Gasteiger partial charge is 0.481 e. The first-order chi connectivity index (χ1) is 18.3. The maximum absolute atomic E-state index is 13.9. The van der Waals surface area contributed by atoms with Gasteiger partial charge in [-0.25, -0.2) is 4.39 Å². The summed E-state index contributed by atoms with van der Waals surface area (Å²) < 4.78 is 13.9. The molecule has 1 aliphatic rings. The Hall–Kier alpha value is -4.50. The molecule has 0 bridgehead atoms. The van der Waals surface area contributed by atoms with Gasteiger partial charge >= 0.3 is 5.97 Å². The van der Waals surface area contributed by atoms with Crippen molar-refractivity contribution in [2.45, 2.75) is 19.8 Å². The molecule has 8 nitrogen and oxygen atoms in total. The van der Waals surface area contributed by atoms with Gasteiger partial charge in [0.05, 0.1) is 17.0 Å². The minimum atomic E-state index is -0.896. The van der Waals surface area contributed by atoms with Crippen LogP contribution >= 0.6 is 0 Å². The number of nitrogens with one attached hydrogen (secondary N) is 3. The van der Waals surface area contributed by atoms with Crippen molar-refractivity contribution in [2.24, 2.45) is 0 Å². The molecular weight excluding hydrogens is 487 g/mol. The normalized spacial score (nSPS) is 13.5. The van der Waals surface area contributed by atoms with E-state index in [-0.39, 0.29) is 18.2 Å². The Labute approximate surface area is 220 Å². The number of hydrogen-bond acceptors (Lipinski definition) is 5. The van der Waals surface area contributed by atoms with Crippen molar-refractivity contribution >= 4 is 46.1 Å². The molecule has 3 aromatic rings. The lowest BCUT2D eigenvalue weighted by atomic mass is 9.97. The van der Waals surface area contributed by atoms with Crippen molar-refractivity contribution in [2.75, 3.05) is 35.7 Å². The highest BCUT2D eigenvalue weighted by atomic mass is 19.1. The highest BCUT2D eigenvalue weighted by Crippen LogP contribution is 2.38. The number of aliphatic carboxylic acids is 1. The molecule has 0 spiro atoms. The Morgan fingerprint density at radius 2 is 1.82 bits per heavy atom. The van der Waals surface area contributed by atoms with Crippen LogP contribution in [0.5, 0.6) is 0 Å². The Kier molecular flexibility index (Phi) is 8.18. The number of nitrogens with zero attached hydrogens (tertiary/aromatic N) is 1. The Morgan fingerprint density at radius 3 is 2.50 bits per heavy atom. The number of halogens is 1. The first-order valence-corrected chi connectivity index (χ1v) is 12.2. The van der Waals surface area contributed by atoms with Crippen molar-refractivity contribution in [1.82, 2.24) is 5.32 Å². The second-order valence-corrected chi connectivity index (χ2v) is 8.93. The summed E-state index contributed by atoms with van der Waals surface area (Å²) in [7, 11) is 1.82. The number of anilines is 3. The molecular formula is C29H29FN4O4. The van der Waals surface area contributed by atoms with E-state index in [1.165, 1.54) is 19.1 Å². The first kappa shape index (κ1) is 26.6. The fraction of sp³-hybridized carbons (Fsp3) is 0.207. The second kappa shape index (κ2) is 11.7. The number of carbonyl (C=O) groups excluding carboxylic acids is 2. The van der Waals surface area contributed by atoms with E-state index in [0.717, 1.165) is 11.3 Å². The molecule has 0 aliphatic carbocycles. The van der Waals surface area contributed by atoms with E-state index in [0.29, 0.717) is 53.3 Å². The number of hydrogen-bond donors (Lipinski definition) is 4. The molecule has 0 unspecified atom stereocenters. The lowest BCUT2D eigenvalue weighted by molar-refractivity contribution is -0.137. The van der Waals surface area contributed by atoms with Crippen LogP contribution in [0.3, 0.4) is 0 Å². The third-order valence-corrected chi connectivity index (χ3v) is 6.23. The van der Waals surface area contributed by atoms with E-state index >= 15 is 0 Å². The fourth-order valence-corrected chi connectivity index (χ4v) is 4.37. The summed E-state index contributed by atoms with van der Waals surface area (Å²) in [4.78, 5) is 38.0. The Bertz CT molecular complexity index is 1400. The predicted molar refractivity (Wildman–Crippen MR) is 146 cm³/mol. The molecule has 0 aromatic heterocycles. The molecule has 38 heavy (non-hydrogen) atoms. The van der Waals surface area contributed by atoms with E-state index in [9.17, 15) is 18.8 Å². The molecule has 4 rings (SSSR count). The molecule has 3 aromatic carbocycles. The van der Waals surface area contributed by atoms with Gasteiger partial charge in [0.25, 0.3) is 5.91 Å². The summed E-state index contributed by atoms with van der Waals surface area (Å²) in [5.41, 5.74) is 4.67. The molecule has 0 saturated carbocycles. The van der Waals surface area contributed by atoms with Crippen LogP contribution in [-0.2, 0) is 20.8 Å². The number of rotatable bonds is 10. The van der Waals surface area contributed by atoms with E-state index in [1.807, 2.05) is 55.6 Å². The van der Waals surface area contributed by atoms with Crippen LogP contribution in [0.4, 0.5) is 21.5 Å². The summed E-state index contributed by atoms with van der Waals surface area (Å²) in [6, 6.07) is 18.7. The average Bonchev–Trinajstić information content (AvgIpc) is 3.21. The third-order valence-electron chi connectivity index (χ3n) is 6.23. The zero-order chi connectivity index (χ0) is 27.2. The number of benzene rings is 3. The maximum Gasteiger partial charge on any atom is 0.303 e.